The number of carbonyl (C=O) groups is 3. The lowest BCUT2D eigenvalue weighted by molar-refractivity contribution is -0.133. The molecule has 11 heteroatoms. The van der Waals surface area contributed by atoms with E-state index in [0.29, 0.717) is 26.2 Å². The number of hydrogen-bond acceptors (Lipinski definition) is 6. The molecule has 0 spiro atoms. The molecular formula is C26H39N5O5Si. The molecule has 0 unspecified atom stereocenters. The van der Waals surface area contributed by atoms with Gasteiger partial charge in [0.2, 0.25) is 5.91 Å². The van der Waals surface area contributed by atoms with E-state index >= 15 is 0 Å². The molecule has 3 heterocycles. The van der Waals surface area contributed by atoms with Crippen LogP contribution in [0.15, 0.2) is 24.4 Å². The maximum Gasteiger partial charge on any atom is 0.410 e. The number of rotatable bonds is 7. The summed E-state index contributed by atoms with van der Waals surface area (Å²) in [6.07, 6.45) is 2.45. The Labute approximate surface area is 219 Å². The zero-order chi connectivity index (χ0) is 27.0. The van der Waals surface area contributed by atoms with Crippen LogP contribution in [0.25, 0.3) is 10.9 Å². The van der Waals surface area contributed by atoms with Crippen LogP contribution in [0.3, 0.4) is 0 Å². The van der Waals surface area contributed by atoms with Gasteiger partial charge in [0.05, 0.1) is 23.4 Å². The Balaban J connectivity index is 1.49. The van der Waals surface area contributed by atoms with Gasteiger partial charge in [0.15, 0.2) is 0 Å². The van der Waals surface area contributed by atoms with Crippen molar-refractivity contribution in [2.75, 3.05) is 37.9 Å². The van der Waals surface area contributed by atoms with Crippen LogP contribution >= 0.6 is 0 Å². The van der Waals surface area contributed by atoms with E-state index in [1.165, 1.54) is 4.90 Å². The summed E-state index contributed by atoms with van der Waals surface area (Å²) in [6.45, 7) is 14.3. The minimum Gasteiger partial charge on any atom is -0.444 e. The van der Waals surface area contributed by atoms with Crippen LogP contribution in [0, 0.1) is 0 Å². The monoisotopic (exact) mass is 529 g/mol. The number of nitrogens with zero attached hydrogens (tertiary/aromatic N) is 5. The predicted octanol–water partition coefficient (Wildman–Crippen LogP) is 4.69. The Morgan fingerprint density at radius 3 is 2.62 bits per heavy atom. The van der Waals surface area contributed by atoms with Gasteiger partial charge in [-0.15, -0.1) is 0 Å². The van der Waals surface area contributed by atoms with E-state index in [2.05, 4.69) is 24.7 Å². The van der Waals surface area contributed by atoms with Gasteiger partial charge < -0.3 is 14.4 Å². The number of anilines is 1. The number of likely N-dealkylation sites (tertiary alicyclic amines) is 1. The van der Waals surface area contributed by atoms with Crippen molar-refractivity contribution in [2.24, 2.45) is 0 Å². The van der Waals surface area contributed by atoms with Crippen molar-refractivity contribution in [1.29, 1.82) is 0 Å². The minimum absolute atomic E-state index is 0.00942. The molecule has 37 heavy (non-hydrogen) atoms. The Bertz CT molecular complexity index is 1170. The van der Waals surface area contributed by atoms with Gasteiger partial charge in [0.1, 0.15) is 12.3 Å². The second kappa shape index (κ2) is 10.4. The van der Waals surface area contributed by atoms with Gasteiger partial charge in [-0.25, -0.2) is 14.5 Å². The summed E-state index contributed by atoms with van der Waals surface area (Å²) in [5, 5.41) is 5.48. The molecular weight excluding hydrogens is 490 g/mol. The Hall–Kier alpha value is -2.92. The highest BCUT2D eigenvalue weighted by Gasteiger charge is 2.35. The van der Waals surface area contributed by atoms with Crippen molar-refractivity contribution in [3.63, 3.8) is 0 Å². The number of amides is 4. The molecule has 202 valence electrons. The molecule has 2 aromatic rings. The Morgan fingerprint density at radius 1 is 1.16 bits per heavy atom. The quantitative estimate of drug-likeness (QED) is 0.381. The van der Waals surface area contributed by atoms with Gasteiger partial charge in [-0.1, -0.05) is 25.7 Å². The zero-order valence-electron chi connectivity index (χ0n) is 22.8. The highest BCUT2D eigenvalue weighted by atomic mass is 28.3. The smallest absolute Gasteiger partial charge is 0.410 e. The van der Waals surface area contributed by atoms with Crippen molar-refractivity contribution >= 4 is 42.7 Å². The van der Waals surface area contributed by atoms with E-state index < -0.39 is 13.7 Å². The number of benzene rings is 1. The summed E-state index contributed by atoms with van der Waals surface area (Å²) >= 11 is 0. The van der Waals surface area contributed by atoms with E-state index in [0.717, 1.165) is 29.1 Å². The van der Waals surface area contributed by atoms with Gasteiger partial charge >= 0.3 is 12.1 Å². The number of imide groups is 1. The number of fused-ring (bicyclic) bond motifs is 1. The number of urea groups is 1. The first kappa shape index (κ1) is 27.1. The molecule has 1 atom stereocenters. The van der Waals surface area contributed by atoms with Gasteiger partial charge in [-0.3, -0.25) is 14.4 Å². The summed E-state index contributed by atoms with van der Waals surface area (Å²) in [4.78, 5) is 43.0. The molecule has 1 aromatic heterocycles. The van der Waals surface area contributed by atoms with Crippen LogP contribution in [0.4, 0.5) is 15.3 Å². The SMILES string of the molecule is CC(C)(C)OC(=O)N1CC[C@H](n2ncc3c(N4CCC(=O)N(COCC[Si](C)(C)C)C4=O)cccc32)C1. The van der Waals surface area contributed by atoms with Crippen molar-refractivity contribution < 1.29 is 23.9 Å². The third kappa shape index (κ3) is 6.32. The third-order valence-electron chi connectivity index (χ3n) is 6.60. The van der Waals surface area contributed by atoms with Gasteiger partial charge in [0, 0.05) is 46.1 Å². The maximum atomic E-state index is 13.3. The zero-order valence-corrected chi connectivity index (χ0v) is 23.8. The lowest BCUT2D eigenvalue weighted by atomic mass is 10.1. The normalized spacial score (nSPS) is 19.3. The molecule has 0 N–H and O–H groups in total. The number of hydrogen-bond donors (Lipinski definition) is 0. The van der Waals surface area contributed by atoms with Crippen LogP contribution in [0.2, 0.25) is 25.7 Å². The second-order valence-electron chi connectivity index (χ2n) is 12.0. The fraction of sp³-hybridized carbons (Fsp3) is 0.615. The van der Waals surface area contributed by atoms with Gasteiger partial charge in [0.25, 0.3) is 0 Å². The molecule has 10 nitrogen and oxygen atoms in total. The molecule has 2 saturated heterocycles. The summed E-state index contributed by atoms with van der Waals surface area (Å²) in [6, 6.07) is 6.36. The van der Waals surface area contributed by atoms with Crippen LogP contribution < -0.4 is 4.90 Å². The average molecular weight is 530 g/mol. The van der Waals surface area contributed by atoms with Crippen LogP contribution in [0.1, 0.15) is 39.7 Å². The number of ether oxygens (including phenoxy) is 2. The standard InChI is InChI=1S/C26H39N5O5Si/c1-26(2,3)36-25(34)28-12-10-19(17-28)31-22-9-7-8-21(20(22)16-27-31)29-13-11-23(32)30(24(29)33)18-35-14-15-37(4,5)6/h7-9,16,19H,10-15,17-18H2,1-6H3/t19-/m0/s1. The highest BCUT2D eigenvalue weighted by molar-refractivity contribution is 6.76. The molecule has 1 aromatic carbocycles. The molecule has 4 amide bonds. The molecule has 0 saturated carbocycles. The van der Waals surface area contributed by atoms with E-state index in [9.17, 15) is 14.4 Å². The van der Waals surface area contributed by atoms with Crippen molar-refractivity contribution in [3.05, 3.63) is 24.4 Å². The largest absolute Gasteiger partial charge is 0.444 e. The van der Waals surface area contributed by atoms with Crippen LogP contribution in [0.5, 0.6) is 0 Å². The van der Waals surface area contributed by atoms with Crippen molar-refractivity contribution in [3.8, 4) is 0 Å². The number of carbonyl (C=O) groups excluding carboxylic acids is 3. The Morgan fingerprint density at radius 2 is 1.92 bits per heavy atom. The average Bonchev–Trinajstić information content (AvgIpc) is 3.44. The fourth-order valence-electron chi connectivity index (χ4n) is 4.59. The summed E-state index contributed by atoms with van der Waals surface area (Å²) in [5.41, 5.74) is 1.06. The van der Waals surface area contributed by atoms with Gasteiger partial charge in [-0.2, -0.15) is 5.10 Å². The second-order valence-corrected chi connectivity index (χ2v) is 17.6. The van der Waals surface area contributed by atoms with Gasteiger partial charge in [-0.05, 0) is 45.4 Å². The van der Waals surface area contributed by atoms with Crippen LogP contribution in [-0.4, -0.2) is 84.3 Å². The first-order chi connectivity index (χ1) is 17.3. The van der Waals surface area contributed by atoms with E-state index in [-0.39, 0.29) is 37.2 Å². The maximum absolute atomic E-state index is 13.3. The molecule has 0 bridgehead atoms. The third-order valence-corrected chi connectivity index (χ3v) is 8.30. The topological polar surface area (TPSA) is 97.2 Å². The fourth-order valence-corrected chi connectivity index (χ4v) is 5.35. The summed E-state index contributed by atoms with van der Waals surface area (Å²) in [5.74, 6) is -0.217. The lowest BCUT2D eigenvalue weighted by Crippen LogP contribution is -2.53. The van der Waals surface area contributed by atoms with E-state index in [4.69, 9.17) is 9.47 Å². The van der Waals surface area contributed by atoms with Crippen LogP contribution in [-0.2, 0) is 14.3 Å². The Kier molecular flexibility index (Phi) is 7.66. The number of aromatic nitrogens is 2. The molecule has 2 fully saturated rings. The van der Waals surface area contributed by atoms with Crippen molar-refractivity contribution in [2.45, 2.75) is 70.9 Å². The molecule has 2 aliphatic heterocycles. The summed E-state index contributed by atoms with van der Waals surface area (Å²) < 4.78 is 13.2. The summed E-state index contributed by atoms with van der Waals surface area (Å²) in [7, 11) is -1.27. The van der Waals surface area contributed by atoms with E-state index in [1.807, 2.05) is 43.7 Å². The minimum atomic E-state index is -1.27. The lowest BCUT2D eigenvalue weighted by Gasteiger charge is -2.34. The predicted molar refractivity (Wildman–Crippen MR) is 144 cm³/mol. The van der Waals surface area contributed by atoms with E-state index in [1.54, 1.807) is 16.0 Å². The highest BCUT2D eigenvalue weighted by Crippen LogP contribution is 2.33. The first-order valence-corrected chi connectivity index (χ1v) is 16.7. The van der Waals surface area contributed by atoms with Crippen molar-refractivity contribution in [1.82, 2.24) is 19.6 Å². The molecule has 0 aliphatic carbocycles. The first-order valence-electron chi connectivity index (χ1n) is 13.0. The molecule has 2 aliphatic rings. The molecule has 4 rings (SSSR count). The molecule has 0 radical (unpaired) electrons.